The average molecular weight is 224 g/mol. The fourth-order valence-electron chi connectivity index (χ4n) is 1.26. The summed E-state index contributed by atoms with van der Waals surface area (Å²) >= 11 is 0. The predicted octanol–water partition coefficient (Wildman–Crippen LogP) is 0.733. The molecule has 0 saturated heterocycles. The van der Waals surface area contributed by atoms with Crippen LogP contribution in [0.15, 0.2) is 60.7 Å². The van der Waals surface area contributed by atoms with Crippen LogP contribution < -0.4 is 29.6 Å². The van der Waals surface area contributed by atoms with E-state index >= 15 is 0 Å². The fraction of sp³-hybridized carbons (Fsp3) is 0.143. The Morgan fingerprint density at radius 3 is 1.19 bits per heavy atom. The third-order valence-electron chi connectivity index (χ3n) is 1.88. The molecule has 0 aliphatic rings. The number of hydrogen-bond acceptors (Lipinski definition) is 1. The van der Waals surface area contributed by atoms with Gasteiger partial charge in [-0.15, -0.1) is 0 Å². The summed E-state index contributed by atoms with van der Waals surface area (Å²) < 4.78 is 4.25. The van der Waals surface area contributed by atoms with Crippen molar-refractivity contribution in [3.63, 3.8) is 0 Å². The molecule has 0 atom stereocenters. The second kappa shape index (κ2) is 9.61. The van der Waals surface area contributed by atoms with Gasteiger partial charge in [0.25, 0.3) is 0 Å². The Morgan fingerprint density at radius 2 is 0.938 bits per heavy atom. The number of methoxy groups -OCH3 is 1. The molecule has 0 aromatic heterocycles. The molecule has 0 aliphatic heterocycles. The zero-order valence-corrected chi connectivity index (χ0v) is 12.2. The average Bonchev–Trinajstić information content (AvgIpc) is 2.32. The first-order valence-corrected chi connectivity index (χ1v) is 4.89. The summed E-state index contributed by atoms with van der Waals surface area (Å²) in [6.07, 6.45) is 0. The molecule has 2 heteroatoms. The third kappa shape index (κ3) is 5.47. The van der Waals surface area contributed by atoms with Crippen molar-refractivity contribution in [2.45, 2.75) is 0 Å². The van der Waals surface area contributed by atoms with E-state index in [4.69, 9.17) is 0 Å². The predicted molar refractivity (Wildman–Crippen MR) is 65.9 cm³/mol. The van der Waals surface area contributed by atoms with Crippen molar-refractivity contribution in [3.8, 4) is 11.1 Å². The molecule has 0 N–H and O–H groups in total. The van der Waals surface area contributed by atoms with Crippen LogP contribution in [0.1, 0.15) is 1.43 Å². The molecule has 0 spiro atoms. The summed E-state index contributed by atoms with van der Waals surface area (Å²) in [6.45, 7) is 0. The van der Waals surface area contributed by atoms with E-state index in [0.29, 0.717) is 0 Å². The first kappa shape index (κ1) is 15.4. The molecule has 2 rings (SSSR count). The van der Waals surface area contributed by atoms with Crippen LogP contribution in [0.25, 0.3) is 11.1 Å². The SMILES string of the molecule is COC.[H-].[Na+].c1ccc(-c2ccccc2)cc1. The van der Waals surface area contributed by atoms with Crippen molar-refractivity contribution in [3.05, 3.63) is 60.7 Å². The Morgan fingerprint density at radius 1 is 0.688 bits per heavy atom. The van der Waals surface area contributed by atoms with E-state index in [0.717, 1.165) is 0 Å². The normalized spacial score (nSPS) is 8.38. The van der Waals surface area contributed by atoms with Crippen LogP contribution in [0.3, 0.4) is 0 Å². The minimum absolute atomic E-state index is 0. The van der Waals surface area contributed by atoms with Crippen LogP contribution in [0.4, 0.5) is 0 Å². The summed E-state index contributed by atoms with van der Waals surface area (Å²) in [6, 6.07) is 20.8. The van der Waals surface area contributed by atoms with Crippen molar-refractivity contribution in [1.29, 1.82) is 0 Å². The van der Waals surface area contributed by atoms with Gasteiger partial charge in [-0.25, -0.2) is 0 Å². The van der Waals surface area contributed by atoms with E-state index in [9.17, 15) is 0 Å². The molecule has 0 saturated carbocycles. The molecule has 2 aromatic carbocycles. The number of ether oxygens (including phenoxy) is 1. The Bertz CT molecular complexity index is 327. The Hall–Kier alpha value is -0.600. The topological polar surface area (TPSA) is 9.23 Å². The zero-order valence-electron chi connectivity index (χ0n) is 11.2. The van der Waals surface area contributed by atoms with Crippen molar-refractivity contribution in [2.75, 3.05) is 14.2 Å². The monoisotopic (exact) mass is 224 g/mol. The van der Waals surface area contributed by atoms with Crippen molar-refractivity contribution < 1.29 is 35.7 Å². The third-order valence-corrected chi connectivity index (χ3v) is 1.88. The first-order chi connectivity index (χ1) is 7.38. The van der Waals surface area contributed by atoms with Gasteiger partial charge in [0.05, 0.1) is 0 Å². The fourth-order valence-corrected chi connectivity index (χ4v) is 1.26. The molecular weight excluding hydrogens is 207 g/mol. The molecule has 0 fully saturated rings. The maximum Gasteiger partial charge on any atom is 1.00 e. The first-order valence-electron chi connectivity index (χ1n) is 4.89. The van der Waals surface area contributed by atoms with Crippen molar-refractivity contribution in [2.24, 2.45) is 0 Å². The number of benzene rings is 2. The van der Waals surface area contributed by atoms with Gasteiger partial charge in [-0.05, 0) is 11.1 Å². The van der Waals surface area contributed by atoms with Gasteiger partial charge in [-0.1, -0.05) is 60.7 Å². The zero-order chi connectivity index (χ0) is 10.9. The van der Waals surface area contributed by atoms with Crippen LogP contribution in [0.5, 0.6) is 0 Å². The molecular formula is C14H17NaO. The van der Waals surface area contributed by atoms with E-state index in [1.54, 1.807) is 14.2 Å². The molecule has 1 nitrogen and oxygen atoms in total. The summed E-state index contributed by atoms with van der Waals surface area (Å²) in [4.78, 5) is 0. The van der Waals surface area contributed by atoms with Gasteiger partial charge in [-0.2, -0.15) is 0 Å². The van der Waals surface area contributed by atoms with Crippen LogP contribution in [0, 0.1) is 0 Å². The standard InChI is InChI=1S/C12H10.C2H6O.Na.H/c1-3-7-11(8-4-1)12-9-5-2-6-10-12;1-3-2;;/h1-10H;1-2H3;;/q;;+1;-1. The van der Waals surface area contributed by atoms with E-state index in [1.165, 1.54) is 11.1 Å². The largest absolute Gasteiger partial charge is 1.00 e. The molecule has 16 heavy (non-hydrogen) atoms. The summed E-state index contributed by atoms with van der Waals surface area (Å²) in [5, 5.41) is 0. The van der Waals surface area contributed by atoms with Crippen LogP contribution >= 0.6 is 0 Å². The Kier molecular flexibility index (Phi) is 9.25. The second-order valence-electron chi connectivity index (χ2n) is 3.14. The van der Waals surface area contributed by atoms with Crippen molar-refractivity contribution >= 4 is 0 Å². The molecule has 0 aliphatic carbocycles. The quantitative estimate of drug-likeness (QED) is 0.649. The van der Waals surface area contributed by atoms with Gasteiger partial charge in [0, 0.05) is 14.2 Å². The number of rotatable bonds is 1. The summed E-state index contributed by atoms with van der Waals surface area (Å²) in [5.41, 5.74) is 2.55. The van der Waals surface area contributed by atoms with E-state index in [-0.39, 0.29) is 31.0 Å². The van der Waals surface area contributed by atoms with Crippen LogP contribution in [-0.2, 0) is 4.74 Å². The van der Waals surface area contributed by atoms with Gasteiger partial charge >= 0.3 is 29.6 Å². The smallest absolute Gasteiger partial charge is 1.00 e. The van der Waals surface area contributed by atoms with Crippen molar-refractivity contribution in [1.82, 2.24) is 0 Å². The van der Waals surface area contributed by atoms with Gasteiger partial charge in [0.15, 0.2) is 0 Å². The van der Waals surface area contributed by atoms with Crippen LogP contribution in [-0.4, -0.2) is 14.2 Å². The molecule has 0 bridgehead atoms. The molecule has 0 amide bonds. The van der Waals surface area contributed by atoms with Crippen LogP contribution in [0.2, 0.25) is 0 Å². The minimum Gasteiger partial charge on any atom is -1.00 e. The van der Waals surface area contributed by atoms with E-state index in [2.05, 4.69) is 53.3 Å². The second-order valence-corrected chi connectivity index (χ2v) is 3.14. The van der Waals surface area contributed by atoms with Gasteiger partial charge in [0.2, 0.25) is 0 Å². The van der Waals surface area contributed by atoms with Gasteiger partial charge in [-0.3, -0.25) is 0 Å². The summed E-state index contributed by atoms with van der Waals surface area (Å²) in [5.74, 6) is 0. The molecule has 0 radical (unpaired) electrons. The molecule has 80 valence electrons. The maximum atomic E-state index is 4.25. The molecule has 2 aromatic rings. The summed E-state index contributed by atoms with van der Waals surface area (Å²) in [7, 11) is 3.25. The Labute approximate surface area is 121 Å². The maximum absolute atomic E-state index is 4.25. The van der Waals surface area contributed by atoms with Gasteiger partial charge in [0.1, 0.15) is 0 Å². The van der Waals surface area contributed by atoms with E-state index < -0.39 is 0 Å². The minimum atomic E-state index is 0. The van der Waals surface area contributed by atoms with Gasteiger partial charge < -0.3 is 6.16 Å². The molecule has 0 heterocycles. The van der Waals surface area contributed by atoms with E-state index in [1.807, 2.05) is 12.1 Å². The molecule has 0 unspecified atom stereocenters. The number of hydrogen-bond donors (Lipinski definition) is 0. The Balaban J connectivity index is 0.